The van der Waals surface area contributed by atoms with E-state index in [1.165, 1.54) is 12.8 Å². The number of nitrogens with one attached hydrogen (secondary N) is 1. The molecule has 1 fully saturated rings. The van der Waals surface area contributed by atoms with Crippen molar-refractivity contribution in [3.63, 3.8) is 0 Å². The molecule has 2 aliphatic rings. The van der Waals surface area contributed by atoms with E-state index in [9.17, 15) is 0 Å². The molecule has 1 saturated heterocycles. The van der Waals surface area contributed by atoms with Crippen molar-refractivity contribution in [2.45, 2.75) is 25.3 Å². The molecule has 1 atom stereocenters. The first kappa shape index (κ1) is 10.7. The fourth-order valence-corrected chi connectivity index (χ4v) is 2.58. The molecular weight excluding hydrogens is 218 g/mol. The Hall–Kier alpha value is -1.42. The van der Waals surface area contributed by atoms with E-state index in [0.717, 1.165) is 35.8 Å². The fourth-order valence-electron chi connectivity index (χ4n) is 2.58. The molecule has 1 aromatic carbocycles. The van der Waals surface area contributed by atoms with Crippen LogP contribution in [0.2, 0.25) is 0 Å². The minimum Gasteiger partial charge on any atom is -0.496 e. The van der Waals surface area contributed by atoms with Gasteiger partial charge in [-0.05, 0) is 31.5 Å². The van der Waals surface area contributed by atoms with Crippen LogP contribution in [0.15, 0.2) is 12.1 Å². The molecule has 92 valence electrons. The Labute approximate surface area is 101 Å². The van der Waals surface area contributed by atoms with Crippen LogP contribution in [0.25, 0.3) is 0 Å². The van der Waals surface area contributed by atoms with Crippen molar-refractivity contribution in [3.8, 4) is 17.2 Å². The number of rotatable bonds is 2. The van der Waals surface area contributed by atoms with Crippen LogP contribution in [0.5, 0.6) is 17.2 Å². The lowest BCUT2D eigenvalue weighted by Crippen LogP contribution is -2.27. The summed E-state index contributed by atoms with van der Waals surface area (Å²) in [7, 11) is 1.70. The van der Waals surface area contributed by atoms with Gasteiger partial charge >= 0.3 is 0 Å². The molecule has 1 N–H and O–H groups in total. The third kappa shape index (κ3) is 1.82. The largest absolute Gasteiger partial charge is 0.496 e. The number of fused-ring (bicyclic) bond motifs is 1. The molecule has 3 rings (SSSR count). The highest BCUT2D eigenvalue weighted by Crippen LogP contribution is 2.45. The van der Waals surface area contributed by atoms with Gasteiger partial charge in [0.05, 0.1) is 12.7 Å². The van der Waals surface area contributed by atoms with Crippen molar-refractivity contribution in [2.75, 3.05) is 20.4 Å². The molecule has 4 nitrogen and oxygen atoms in total. The molecule has 0 aromatic heterocycles. The summed E-state index contributed by atoms with van der Waals surface area (Å²) in [5, 5.41) is 3.52. The Morgan fingerprint density at radius 1 is 1.29 bits per heavy atom. The molecule has 0 bridgehead atoms. The van der Waals surface area contributed by atoms with Crippen LogP contribution in [0.3, 0.4) is 0 Å². The van der Waals surface area contributed by atoms with Gasteiger partial charge in [-0.25, -0.2) is 0 Å². The van der Waals surface area contributed by atoms with Gasteiger partial charge < -0.3 is 19.5 Å². The van der Waals surface area contributed by atoms with Crippen LogP contribution in [-0.2, 0) is 0 Å². The van der Waals surface area contributed by atoms with Gasteiger partial charge in [0.15, 0.2) is 11.5 Å². The lowest BCUT2D eigenvalue weighted by molar-refractivity contribution is 0.172. The van der Waals surface area contributed by atoms with Crippen LogP contribution in [0.4, 0.5) is 0 Å². The van der Waals surface area contributed by atoms with Crippen molar-refractivity contribution in [1.29, 1.82) is 0 Å². The average Bonchev–Trinajstić information content (AvgIpc) is 2.86. The lowest BCUT2D eigenvalue weighted by Gasteiger charge is -2.26. The SMILES string of the molecule is COc1ccc2c(c1C1CCCCN1)OCO2. The molecule has 0 saturated carbocycles. The molecule has 4 heteroatoms. The highest BCUT2D eigenvalue weighted by molar-refractivity contribution is 5.56. The summed E-state index contributed by atoms with van der Waals surface area (Å²) in [5.74, 6) is 2.56. The van der Waals surface area contributed by atoms with Crippen molar-refractivity contribution in [3.05, 3.63) is 17.7 Å². The predicted molar refractivity (Wildman–Crippen MR) is 63.7 cm³/mol. The fraction of sp³-hybridized carbons (Fsp3) is 0.538. The molecule has 0 aliphatic carbocycles. The maximum absolute atomic E-state index is 5.58. The van der Waals surface area contributed by atoms with E-state index in [2.05, 4.69) is 5.32 Å². The van der Waals surface area contributed by atoms with Crippen LogP contribution in [0.1, 0.15) is 30.9 Å². The molecule has 2 aliphatic heterocycles. The van der Waals surface area contributed by atoms with Crippen LogP contribution >= 0.6 is 0 Å². The van der Waals surface area contributed by atoms with Crippen LogP contribution in [0, 0.1) is 0 Å². The van der Waals surface area contributed by atoms with Gasteiger partial charge in [-0.2, -0.15) is 0 Å². The van der Waals surface area contributed by atoms with Crippen molar-refractivity contribution >= 4 is 0 Å². The second-order valence-electron chi connectivity index (χ2n) is 4.42. The first-order valence-electron chi connectivity index (χ1n) is 6.10. The second kappa shape index (κ2) is 4.45. The van der Waals surface area contributed by atoms with Gasteiger partial charge in [0.25, 0.3) is 0 Å². The van der Waals surface area contributed by atoms with Gasteiger partial charge in [0, 0.05) is 6.04 Å². The molecule has 1 unspecified atom stereocenters. The minimum atomic E-state index is 0.308. The topological polar surface area (TPSA) is 39.7 Å². The Bertz CT molecular complexity index is 413. The Kier molecular flexibility index (Phi) is 2.81. The number of piperidine rings is 1. The maximum atomic E-state index is 5.58. The van der Waals surface area contributed by atoms with Crippen molar-refractivity contribution < 1.29 is 14.2 Å². The zero-order chi connectivity index (χ0) is 11.7. The first-order chi connectivity index (χ1) is 8.40. The third-order valence-corrected chi connectivity index (χ3v) is 3.42. The van der Waals surface area contributed by atoms with E-state index < -0.39 is 0 Å². The second-order valence-corrected chi connectivity index (χ2v) is 4.42. The molecular formula is C13H17NO3. The Balaban J connectivity index is 2.02. The zero-order valence-electron chi connectivity index (χ0n) is 9.99. The van der Waals surface area contributed by atoms with Gasteiger partial charge in [0.2, 0.25) is 6.79 Å². The minimum absolute atomic E-state index is 0.308. The lowest BCUT2D eigenvalue weighted by atomic mass is 9.95. The van der Waals surface area contributed by atoms with Gasteiger partial charge in [-0.3, -0.25) is 0 Å². The monoisotopic (exact) mass is 235 g/mol. The molecule has 0 radical (unpaired) electrons. The summed E-state index contributed by atoms with van der Waals surface area (Å²) in [6, 6.07) is 4.18. The highest BCUT2D eigenvalue weighted by Gasteiger charge is 2.28. The van der Waals surface area contributed by atoms with Crippen molar-refractivity contribution in [1.82, 2.24) is 5.32 Å². The van der Waals surface area contributed by atoms with E-state index in [-0.39, 0.29) is 0 Å². The number of hydrogen-bond donors (Lipinski definition) is 1. The van der Waals surface area contributed by atoms with E-state index in [0.29, 0.717) is 12.8 Å². The molecule has 0 spiro atoms. The Morgan fingerprint density at radius 3 is 3.00 bits per heavy atom. The summed E-state index contributed by atoms with van der Waals surface area (Å²) in [4.78, 5) is 0. The maximum Gasteiger partial charge on any atom is 0.231 e. The highest BCUT2D eigenvalue weighted by atomic mass is 16.7. The number of benzene rings is 1. The molecule has 17 heavy (non-hydrogen) atoms. The smallest absolute Gasteiger partial charge is 0.231 e. The normalized spacial score (nSPS) is 22.5. The Morgan fingerprint density at radius 2 is 2.24 bits per heavy atom. The summed E-state index contributed by atoms with van der Waals surface area (Å²) < 4.78 is 16.5. The quantitative estimate of drug-likeness (QED) is 0.853. The standard InChI is InChI=1S/C13H17NO3/c1-15-10-5-6-11-13(17-8-16-11)12(10)9-4-2-3-7-14-9/h5-6,9,14H,2-4,7-8H2,1H3. The van der Waals surface area contributed by atoms with E-state index in [1.807, 2.05) is 12.1 Å². The van der Waals surface area contributed by atoms with Crippen molar-refractivity contribution in [2.24, 2.45) is 0 Å². The van der Waals surface area contributed by atoms with Crippen LogP contribution in [-0.4, -0.2) is 20.4 Å². The number of ether oxygens (including phenoxy) is 3. The summed E-state index contributed by atoms with van der Waals surface area (Å²) in [6.45, 7) is 1.36. The number of hydrogen-bond acceptors (Lipinski definition) is 4. The van der Waals surface area contributed by atoms with E-state index in [4.69, 9.17) is 14.2 Å². The molecule has 1 aromatic rings. The average molecular weight is 235 g/mol. The number of methoxy groups -OCH3 is 1. The third-order valence-electron chi connectivity index (χ3n) is 3.42. The van der Waals surface area contributed by atoms with Crippen LogP contribution < -0.4 is 19.5 Å². The van der Waals surface area contributed by atoms with Gasteiger partial charge in [-0.1, -0.05) is 6.42 Å². The van der Waals surface area contributed by atoms with Gasteiger partial charge in [0.1, 0.15) is 5.75 Å². The summed E-state index contributed by atoms with van der Waals surface area (Å²) in [6.07, 6.45) is 3.60. The molecule has 2 heterocycles. The summed E-state index contributed by atoms with van der Waals surface area (Å²) >= 11 is 0. The predicted octanol–water partition coefficient (Wildman–Crippen LogP) is 2.24. The van der Waals surface area contributed by atoms with E-state index >= 15 is 0 Å². The first-order valence-corrected chi connectivity index (χ1v) is 6.10. The van der Waals surface area contributed by atoms with Gasteiger partial charge in [-0.15, -0.1) is 0 Å². The summed E-state index contributed by atoms with van der Waals surface area (Å²) in [5.41, 5.74) is 1.11. The zero-order valence-corrected chi connectivity index (χ0v) is 9.99. The molecule has 0 amide bonds. The van der Waals surface area contributed by atoms with E-state index in [1.54, 1.807) is 7.11 Å².